The van der Waals surface area contributed by atoms with E-state index >= 15 is 0 Å². The van der Waals surface area contributed by atoms with Gasteiger partial charge in [0, 0.05) is 48.0 Å². The number of thioether (sulfide) groups is 1. The fourth-order valence-electron chi connectivity index (χ4n) is 2.52. The highest BCUT2D eigenvalue weighted by atomic mass is 32.2. The first-order chi connectivity index (χ1) is 10.3. The predicted octanol–water partition coefficient (Wildman–Crippen LogP) is 2.81. The zero-order chi connectivity index (χ0) is 14.5. The van der Waals surface area contributed by atoms with Gasteiger partial charge in [-0.2, -0.15) is 11.8 Å². The Hall–Kier alpha value is -1.46. The minimum atomic E-state index is -0.000854. The lowest BCUT2D eigenvalue weighted by Crippen LogP contribution is -2.27. The summed E-state index contributed by atoms with van der Waals surface area (Å²) in [6.45, 7) is 2.46. The second kappa shape index (κ2) is 7.00. The highest BCUT2D eigenvalue weighted by Crippen LogP contribution is 2.21. The Labute approximate surface area is 128 Å². The largest absolute Gasteiger partial charge is 0.381 e. The van der Waals surface area contributed by atoms with Crippen molar-refractivity contribution >= 4 is 28.6 Å². The van der Waals surface area contributed by atoms with Crippen LogP contribution in [0, 0.1) is 0 Å². The fraction of sp³-hybridized carbons (Fsp3) is 0.438. The van der Waals surface area contributed by atoms with Gasteiger partial charge in [-0.25, -0.2) is 0 Å². The zero-order valence-corrected chi connectivity index (χ0v) is 12.7. The molecular weight excluding hydrogens is 284 g/mol. The van der Waals surface area contributed by atoms with Crippen LogP contribution in [0.1, 0.15) is 23.2 Å². The molecule has 4 nitrogen and oxygen atoms in total. The van der Waals surface area contributed by atoms with Crippen LogP contribution in [-0.4, -0.2) is 41.7 Å². The number of aromatic nitrogens is 1. The third-order valence-corrected chi connectivity index (χ3v) is 5.11. The van der Waals surface area contributed by atoms with E-state index in [1.165, 1.54) is 0 Å². The van der Waals surface area contributed by atoms with Gasteiger partial charge in [0.2, 0.25) is 0 Å². The van der Waals surface area contributed by atoms with E-state index < -0.39 is 0 Å². The van der Waals surface area contributed by atoms with Gasteiger partial charge in [-0.15, -0.1) is 0 Å². The first-order valence-electron chi connectivity index (χ1n) is 7.37. The molecule has 0 atom stereocenters. The Bertz CT molecular complexity index is 605. The Morgan fingerprint density at radius 3 is 3.05 bits per heavy atom. The van der Waals surface area contributed by atoms with E-state index in [2.05, 4.69) is 10.3 Å². The van der Waals surface area contributed by atoms with E-state index in [4.69, 9.17) is 4.74 Å². The van der Waals surface area contributed by atoms with Crippen molar-refractivity contribution in [1.82, 2.24) is 10.3 Å². The minimum absolute atomic E-state index is 0.000854. The van der Waals surface area contributed by atoms with Gasteiger partial charge < -0.3 is 15.0 Å². The van der Waals surface area contributed by atoms with Gasteiger partial charge in [0.25, 0.3) is 5.91 Å². The summed E-state index contributed by atoms with van der Waals surface area (Å²) >= 11 is 1.94. The first kappa shape index (κ1) is 14.5. The molecule has 2 heterocycles. The number of amides is 1. The number of benzene rings is 1. The summed E-state index contributed by atoms with van der Waals surface area (Å²) in [4.78, 5) is 15.2. The predicted molar refractivity (Wildman–Crippen MR) is 86.9 cm³/mol. The molecule has 1 aliphatic rings. The number of H-pyrrole nitrogens is 1. The molecule has 0 spiro atoms. The lowest BCUT2D eigenvalue weighted by atomic mass is 10.1. The summed E-state index contributed by atoms with van der Waals surface area (Å²) in [6.07, 6.45) is 4.14. The molecular formula is C16H20N2O2S. The van der Waals surface area contributed by atoms with Crippen LogP contribution in [0.3, 0.4) is 0 Å². The highest BCUT2D eigenvalue weighted by molar-refractivity contribution is 7.99. The van der Waals surface area contributed by atoms with Crippen molar-refractivity contribution in [2.75, 3.05) is 25.5 Å². The molecule has 0 saturated carbocycles. The zero-order valence-electron chi connectivity index (χ0n) is 11.9. The van der Waals surface area contributed by atoms with Gasteiger partial charge in [-0.3, -0.25) is 4.79 Å². The summed E-state index contributed by atoms with van der Waals surface area (Å²) in [5.41, 5.74) is 1.71. The monoisotopic (exact) mass is 304 g/mol. The number of rotatable bonds is 5. The average Bonchev–Trinajstić information content (AvgIpc) is 3.00. The van der Waals surface area contributed by atoms with Crippen molar-refractivity contribution in [3.8, 4) is 0 Å². The van der Waals surface area contributed by atoms with Crippen molar-refractivity contribution in [3.63, 3.8) is 0 Å². The normalized spacial score (nSPS) is 16.2. The van der Waals surface area contributed by atoms with E-state index in [-0.39, 0.29) is 5.91 Å². The number of hydrogen-bond acceptors (Lipinski definition) is 3. The Morgan fingerprint density at radius 2 is 2.19 bits per heavy atom. The lowest BCUT2D eigenvalue weighted by Gasteiger charge is -2.21. The number of hydrogen-bond donors (Lipinski definition) is 2. The maximum absolute atomic E-state index is 12.1. The maximum atomic E-state index is 12.1. The maximum Gasteiger partial charge on any atom is 0.251 e. The molecule has 0 radical (unpaired) electrons. The third kappa shape index (κ3) is 3.80. The van der Waals surface area contributed by atoms with E-state index in [1.54, 1.807) is 0 Å². The molecule has 1 aliphatic heterocycles. The molecule has 112 valence electrons. The SMILES string of the molecule is O=C(NCCSC1CCOCC1)c1ccc2cc[nH]c2c1. The Morgan fingerprint density at radius 1 is 1.33 bits per heavy atom. The first-order valence-corrected chi connectivity index (χ1v) is 8.42. The second-order valence-corrected chi connectivity index (χ2v) is 6.63. The molecule has 1 aromatic heterocycles. The number of carbonyl (C=O) groups excluding carboxylic acids is 1. The molecule has 21 heavy (non-hydrogen) atoms. The number of fused-ring (bicyclic) bond motifs is 1. The van der Waals surface area contributed by atoms with Crippen molar-refractivity contribution < 1.29 is 9.53 Å². The number of aromatic amines is 1. The van der Waals surface area contributed by atoms with Gasteiger partial charge >= 0.3 is 0 Å². The molecule has 1 fully saturated rings. The van der Waals surface area contributed by atoms with Crippen LogP contribution in [0.5, 0.6) is 0 Å². The highest BCUT2D eigenvalue weighted by Gasteiger charge is 2.14. The van der Waals surface area contributed by atoms with Gasteiger partial charge in [-0.1, -0.05) is 6.07 Å². The fourth-order valence-corrected chi connectivity index (χ4v) is 3.60. The Kier molecular flexibility index (Phi) is 4.83. The van der Waals surface area contributed by atoms with Crippen molar-refractivity contribution in [2.24, 2.45) is 0 Å². The summed E-state index contributed by atoms with van der Waals surface area (Å²) < 4.78 is 5.34. The van der Waals surface area contributed by atoms with E-state index in [9.17, 15) is 4.79 Å². The molecule has 1 saturated heterocycles. The van der Waals surface area contributed by atoms with Crippen molar-refractivity contribution in [3.05, 3.63) is 36.0 Å². The summed E-state index contributed by atoms with van der Waals surface area (Å²) in [6, 6.07) is 7.74. The average molecular weight is 304 g/mol. The minimum Gasteiger partial charge on any atom is -0.381 e. The standard InChI is InChI=1S/C16H20N2O2S/c19-16(13-2-1-12-3-6-17-15(12)11-13)18-7-10-21-14-4-8-20-9-5-14/h1-3,6,11,14,17H,4-5,7-10H2,(H,18,19). The van der Waals surface area contributed by atoms with E-state index in [0.717, 1.165) is 42.7 Å². The molecule has 2 aromatic rings. The molecule has 1 aromatic carbocycles. The third-order valence-electron chi connectivity index (χ3n) is 3.73. The molecule has 2 N–H and O–H groups in total. The topological polar surface area (TPSA) is 54.1 Å². The molecule has 1 amide bonds. The van der Waals surface area contributed by atoms with Crippen LogP contribution in [-0.2, 0) is 4.74 Å². The van der Waals surface area contributed by atoms with Crippen LogP contribution < -0.4 is 5.32 Å². The molecule has 0 unspecified atom stereocenters. The van der Waals surface area contributed by atoms with Crippen LogP contribution in [0.15, 0.2) is 30.5 Å². The van der Waals surface area contributed by atoms with Gasteiger partial charge in [0.05, 0.1) is 0 Å². The Balaban J connectivity index is 1.45. The van der Waals surface area contributed by atoms with Crippen LogP contribution in [0.25, 0.3) is 10.9 Å². The molecule has 0 bridgehead atoms. The van der Waals surface area contributed by atoms with Crippen molar-refractivity contribution in [1.29, 1.82) is 0 Å². The van der Waals surface area contributed by atoms with Crippen molar-refractivity contribution in [2.45, 2.75) is 18.1 Å². The number of ether oxygens (including phenoxy) is 1. The molecule has 0 aliphatic carbocycles. The van der Waals surface area contributed by atoms with Gasteiger partial charge in [0.15, 0.2) is 0 Å². The van der Waals surface area contributed by atoms with Gasteiger partial charge in [0.1, 0.15) is 0 Å². The molecule has 3 rings (SSSR count). The smallest absolute Gasteiger partial charge is 0.251 e. The van der Waals surface area contributed by atoms with E-state index in [0.29, 0.717) is 17.4 Å². The number of nitrogens with one attached hydrogen (secondary N) is 2. The quantitative estimate of drug-likeness (QED) is 0.835. The van der Waals surface area contributed by atoms with Crippen LogP contribution in [0.4, 0.5) is 0 Å². The van der Waals surface area contributed by atoms with Gasteiger partial charge in [-0.05, 0) is 36.4 Å². The summed E-state index contributed by atoms with van der Waals surface area (Å²) in [7, 11) is 0. The number of carbonyl (C=O) groups is 1. The van der Waals surface area contributed by atoms with Crippen LogP contribution in [0.2, 0.25) is 0 Å². The summed E-state index contributed by atoms with van der Waals surface area (Å²) in [5.74, 6) is 0.959. The molecule has 5 heteroatoms. The van der Waals surface area contributed by atoms with Crippen LogP contribution >= 0.6 is 11.8 Å². The second-order valence-electron chi connectivity index (χ2n) is 5.22. The van der Waals surface area contributed by atoms with E-state index in [1.807, 2.05) is 42.2 Å². The lowest BCUT2D eigenvalue weighted by molar-refractivity contribution is 0.0955. The summed E-state index contributed by atoms with van der Waals surface area (Å²) in [5, 5.41) is 4.80.